The molecular weight excluding hydrogens is 138 g/mol. The van der Waals surface area contributed by atoms with Crippen molar-refractivity contribution in [3.63, 3.8) is 0 Å². The highest BCUT2D eigenvalue weighted by molar-refractivity contribution is 5.74. The van der Waals surface area contributed by atoms with E-state index in [2.05, 4.69) is 0 Å². The molecule has 0 bridgehead atoms. The number of aliphatic carboxylic acids is 2. The van der Waals surface area contributed by atoms with Crippen LogP contribution < -0.4 is 5.73 Å². The van der Waals surface area contributed by atoms with E-state index in [9.17, 15) is 9.59 Å². The smallest absolute Gasteiger partial charge is 0.320 e. The van der Waals surface area contributed by atoms with Gasteiger partial charge in [0.15, 0.2) is 0 Å². The van der Waals surface area contributed by atoms with Gasteiger partial charge in [-0.15, -0.1) is 0 Å². The van der Waals surface area contributed by atoms with Crippen LogP contribution in [0, 0.1) is 0 Å². The van der Waals surface area contributed by atoms with Gasteiger partial charge in [0, 0.05) is 6.42 Å². The van der Waals surface area contributed by atoms with Crippen LogP contribution in [0.2, 0.25) is 0 Å². The van der Waals surface area contributed by atoms with Gasteiger partial charge in [-0.2, -0.15) is 0 Å². The fourth-order valence-corrected chi connectivity index (χ4v) is 0.349. The van der Waals surface area contributed by atoms with Crippen molar-refractivity contribution in [3.8, 4) is 0 Å². The molecule has 1 unspecified atom stereocenters. The molecule has 0 aromatic carbocycles. The van der Waals surface area contributed by atoms with Crippen molar-refractivity contribution in [1.82, 2.24) is 0 Å². The first-order valence-corrected chi connectivity index (χ1v) is 2.60. The molecule has 1 atom stereocenters. The second kappa shape index (κ2) is 3.84. The van der Waals surface area contributed by atoms with E-state index in [0.29, 0.717) is 0 Å². The lowest BCUT2D eigenvalue weighted by molar-refractivity contribution is -0.139. The molecule has 0 spiro atoms. The second-order valence-corrected chi connectivity index (χ2v) is 1.72. The number of carboxylic acid groups (broad SMARTS) is 2. The molecule has 10 heavy (non-hydrogen) atoms. The zero-order chi connectivity index (χ0) is 9.07. The van der Waals surface area contributed by atoms with Crippen LogP contribution in [0.15, 0.2) is 0 Å². The van der Waals surface area contributed by atoms with Crippen molar-refractivity contribution in [3.05, 3.63) is 0 Å². The van der Waals surface area contributed by atoms with E-state index < -0.39 is 30.8 Å². The van der Waals surface area contributed by atoms with Gasteiger partial charge < -0.3 is 15.9 Å². The van der Waals surface area contributed by atoms with E-state index in [1.165, 1.54) is 0 Å². The Labute approximate surface area is 58.9 Å². The summed E-state index contributed by atoms with van der Waals surface area (Å²) in [5.41, 5.74) is 4.91. The molecule has 0 saturated heterocycles. The predicted octanol–water partition coefficient (Wildman–Crippen LogP) is -0.737. The standard InChI is InChI=1S/C5H9NO4/c6-3(5(9)10)1-2-4(7)8/h3H,1-2,6H2,(H,7,8)(H,9,10)/i3D. The highest BCUT2D eigenvalue weighted by atomic mass is 16.4. The fourth-order valence-electron chi connectivity index (χ4n) is 0.349. The van der Waals surface area contributed by atoms with Crippen molar-refractivity contribution in [2.45, 2.75) is 18.9 Å². The number of hydrogen-bond donors (Lipinski definition) is 3. The van der Waals surface area contributed by atoms with Crippen molar-refractivity contribution in [2.24, 2.45) is 5.73 Å². The van der Waals surface area contributed by atoms with Gasteiger partial charge in [0.1, 0.15) is 6.02 Å². The highest BCUT2D eigenvalue weighted by Gasteiger charge is 2.12. The van der Waals surface area contributed by atoms with Gasteiger partial charge in [0.25, 0.3) is 0 Å². The van der Waals surface area contributed by atoms with Crippen LogP contribution in [0.4, 0.5) is 0 Å². The Morgan fingerprint density at radius 3 is 2.40 bits per heavy atom. The molecule has 0 saturated carbocycles. The van der Waals surface area contributed by atoms with Gasteiger partial charge >= 0.3 is 11.9 Å². The van der Waals surface area contributed by atoms with Crippen molar-refractivity contribution >= 4 is 11.9 Å². The molecule has 0 aliphatic rings. The van der Waals surface area contributed by atoms with Gasteiger partial charge in [-0.1, -0.05) is 0 Å². The molecule has 0 aromatic rings. The van der Waals surface area contributed by atoms with Gasteiger partial charge in [-0.05, 0) is 6.42 Å². The molecule has 5 nitrogen and oxygen atoms in total. The summed E-state index contributed by atoms with van der Waals surface area (Å²) in [6.07, 6.45) is -0.802. The summed E-state index contributed by atoms with van der Waals surface area (Å²) in [7, 11) is 0. The summed E-state index contributed by atoms with van der Waals surface area (Å²) >= 11 is 0. The maximum atomic E-state index is 10.1. The minimum Gasteiger partial charge on any atom is -0.481 e. The van der Waals surface area contributed by atoms with E-state index in [4.69, 9.17) is 17.3 Å². The maximum absolute atomic E-state index is 10.1. The minimum atomic E-state index is -2.18. The molecule has 0 aromatic heterocycles. The molecular formula is C5H9NO4. The van der Waals surface area contributed by atoms with Gasteiger partial charge in [-0.25, -0.2) is 0 Å². The van der Waals surface area contributed by atoms with Gasteiger partial charge in [-0.3, -0.25) is 9.59 Å². The van der Waals surface area contributed by atoms with E-state index in [1.54, 1.807) is 0 Å². The Morgan fingerprint density at radius 1 is 1.60 bits per heavy atom. The second-order valence-electron chi connectivity index (χ2n) is 1.72. The summed E-state index contributed by atoms with van der Waals surface area (Å²) in [5, 5.41) is 16.4. The Bertz CT molecular complexity index is 179. The summed E-state index contributed by atoms with van der Waals surface area (Å²) < 4.78 is 6.89. The first-order chi connectivity index (χ1) is 4.86. The molecule has 0 amide bonds. The maximum Gasteiger partial charge on any atom is 0.320 e. The molecule has 0 aliphatic heterocycles. The van der Waals surface area contributed by atoms with Crippen molar-refractivity contribution in [1.29, 1.82) is 0 Å². The van der Waals surface area contributed by atoms with Crippen LogP contribution in [-0.2, 0) is 9.59 Å². The van der Waals surface area contributed by atoms with E-state index in [0.717, 1.165) is 0 Å². The van der Waals surface area contributed by atoms with Gasteiger partial charge in [0.2, 0.25) is 0 Å². The third kappa shape index (κ3) is 3.85. The average Bonchev–Trinajstić information content (AvgIpc) is 1.84. The van der Waals surface area contributed by atoms with Crippen molar-refractivity contribution in [2.75, 3.05) is 0 Å². The first-order valence-electron chi connectivity index (χ1n) is 3.10. The lowest BCUT2D eigenvalue weighted by atomic mass is 10.2. The van der Waals surface area contributed by atoms with Crippen LogP contribution >= 0.6 is 0 Å². The third-order valence-corrected chi connectivity index (χ3v) is 0.883. The number of rotatable bonds is 4. The monoisotopic (exact) mass is 148 g/mol. The largest absolute Gasteiger partial charge is 0.481 e. The number of carboxylic acids is 2. The molecule has 0 aliphatic carbocycles. The molecule has 0 heterocycles. The quantitative estimate of drug-likeness (QED) is 0.487. The Kier molecular flexibility index (Phi) is 2.69. The number of carbonyl (C=O) groups is 2. The lowest BCUT2D eigenvalue weighted by Crippen LogP contribution is -2.30. The van der Waals surface area contributed by atoms with Crippen LogP contribution in [-0.4, -0.2) is 28.2 Å². The average molecular weight is 148 g/mol. The van der Waals surface area contributed by atoms with Crippen LogP contribution in [0.1, 0.15) is 14.2 Å². The summed E-state index contributed by atoms with van der Waals surface area (Å²) in [6.45, 7) is 0. The molecule has 58 valence electrons. The predicted molar refractivity (Wildman–Crippen MR) is 32.5 cm³/mol. The SMILES string of the molecule is [2H]C(N)(CCC(=O)O)C(=O)O. The molecule has 0 rings (SSSR count). The molecule has 0 radical (unpaired) electrons. The zero-order valence-corrected chi connectivity index (χ0v) is 5.20. The molecule has 4 N–H and O–H groups in total. The minimum absolute atomic E-state index is 0.391. The van der Waals surface area contributed by atoms with E-state index >= 15 is 0 Å². The Hall–Kier alpha value is -1.10. The zero-order valence-electron chi connectivity index (χ0n) is 6.20. The van der Waals surface area contributed by atoms with Crippen molar-refractivity contribution < 1.29 is 21.2 Å². The van der Waals surface area contributed by atoms with E-state index in [-0.39, 0.29) is 0 Å². The van der Waals surface area contributed by atoms with E-state index in [1.807, 2.05) is 0 Å². The number of nitrogens with two attached hydrogens (primary N) is 1. The lowest BCUT2D eigenvalue weighted by Gasteiger charge is -2.01. The molecule has 5 heteroatoms. The van der Waals surface area contributed by atoms with Crippen LogP contribution in [0.25, 0.3) is 0 Å². The van der Waals surface area contributed by atoms with Crippen LogP contribution in [0.3, 0.4) is 0 Å². The third-order valence-electron chi connectivity index (χ3n) is 0.883. The topological polar surface area (TPSA) is 101 Å². The molecule has 0 fully saturated rings. The summed E-state index contributed by atoms with van der Waals surface area (Å²) in [5.74, 6) is -2.67. The highest BCUT2D eigenvalue weighted by Crippen LogP contribution is 1.93. The number of hydrogen-bond acceptors (Lipinski definition) is 3. The summed E-state index contributed by atoms with van der Waals surface area (Å²) in [6, 6.07) is -2.18. The Balaban J connectivity index is 3.92. The first kappa shape index (κ1) is 7.01. The fraction of sp³-hybridized carbons (Fsp3) is 0.600. The summed E-state index contributed by atoms with van der Waals surface area (Å²) in [4.78, 5) is 20.1. The Morgan fingerprint density at radius 2 is 2.10 bits per heavy atom. The van der Waals surface area contributed by atoms with Crippen LogP contribution in [0.5, 0.6) is 0 Å². The normalized spacial score (nSPS) is 17.1. The van der Waals surface area contributed by atoms with Gasteiger partial charge in [0.05, 0.1) is 1.37 Å².